The van der Waals surface area contributed by atoms with Crippen LogP contribution in [0, 0.1) is 5.82 Å². The van der Waals surface area contributed by atoms with Gasteiger partial charge in [0.25, 0.3) is 0 Å². The summed E-state index contributed by atoms with van der Waals surface area (Å²) < 4.78 is 13.4. The number of para-hydroxylation sites is 2. The molecule has 2 aromatic carbocycles. The highest BCUT2D eigenvalue weighted by atomic mass is 19.1. The third kappa shape index (κ3) is 4.00. The van der Waals surface area contributed by atoms with Crippen LogP contribution < -0.4 is 10.6 Å². The van der Waals surface area contributed by atoms with E-state index < -0.39 is 5.82 Å². The number of halogens is 1. The Morgan fingerprint density at radius 1 is 1.04 bits per heavy atom. The van der Waals surface area contributed by atoms with Gasteiger partial charge in [-0.05, 0) is 36.7 Å². The molecular weight excluding hydrogens is 305 g/mol. The van der Waals surface area contributed by atoms with Crippen molar-refractivity contribution >= 4 is 22.5 Å². The number of rotatable bonds is 7. The molecule has 3 N–H and O–H groups in total. The van der Waals surface area contributed by atoms with E-state index in [1.54, 1.807) is 18.2 Å². The van der Waals surface area contributed by atoms with E-state index in [4.69, 9.17) is 0 Å². The molecule has 0 atom stereocenters. The van der Waals surface area contributed by atoms with E-state index >= 15 is 0 Å². The predicted octanol–water partition coefficient (Wildman–Crippen LogP) is 3.47. The number of benzene rings is 2. The van der Waals surface area contributed by atoms with Gasteiger partial charge < -0.3 is 15.6 Å². The Morgan fingerprint density at radius 2 is 1.83 bits per heavy atom. The van der Waals surface area contributed by atoms with Crippen LogP contribution in [0.3, 0.4) is 0 Å². The molecule has 0 aliphatic heterocycles. The van der Waals surface area contributed by atoms with E-state index in [0.717, 1.165) is 18.5 Å². The third-order valence-corrected chi connectivity index (χ3v) is 3.92. The van der Waals surface area contributed by atoms with Crippen LogP contribution in [0.25, 0.3) is 10.9 Å². The standard InChI is InChI=1S/C19H20FN3O/c20-16-6-2-4-8-18(16)23-19(24)10-12-21-11-9-14-13-22-17-7-3-1-5-15(14)17/h1-8,13,21-22H,9-12H2,(H,23,24). The average Bonchev–Trinajstić information content (AvgIpc) is 3.00. The second-order valence-corrected chi connectivity index (χ2v) is 5.64. The van der Waals surface area contributed by atoms with Crippen molar-refractivity contribution in [1.82, 2.24) is 10.3 Å². The molecule has 0 fully saturated rings. The van der Waals surface area contributed by atoms with Gasteiger partial charge in [-0.3, -0.25) is 4.79 Å². The van der Waals surface area contributed by atoms with Crippen molar-refractivity contribution in [2.24, 2.45) is 0 Å². The van der Waals surface area contributed by atoms with E-state index in [1.165, 1.54) is 17.0 Å². The van der Waals surface area contributed by atoms with Crippen LogP contribution in [0.4, 0.5) is 10.1 Å². The first-order chi connectivity index (χ1) is 11.7. The fourth-order valence-electron chi connectivity index (χ4n) is 2.66. The summed E-state index contributed by atoms with van der Waals surface area (Å²) in [6.45, 7) is 1.34. The van der Waals surface area contributed by atoms with Crippen molar-refractivity contribution < 1.29 is 9.18 Å². The molecule has 0 saturated heterocycles. The van der Waals surface area contributed by atoms with E-state index in [1.807, 2.05) is 18.3 Å². The Labute approximate surface area is 140 Å². The Hall–Kier alpha value is -2.66. The monoisotopic (exact) mass is 325 g/mol. The van der Waals surface area contributed by atoms with Crippen LogP contribution in [0.2, 0.25) is 0 Å². The second kappa shape index (κ2) is 7.75. The van der Waals surface area contributed by atoms with Gasteiger partial charge >= 0.3 is 0 Å². The molecule has 1 heterocycles. The maximum absolute atomic E-state index is 13.4. The minimum absolute atomic E-state index is 0.195. The first kappa shape index (κ1) is 16.2. The number of carbonyl (C=O) groups is 1. The zero-order valence-electron chi connectivity index (χ0n) is 13.3. The van der Waals surface area contributed by atoms with Gasteiger partial charge in [0.15, 0.2) is 0 Å². The number of carbonyl (C=O) groups excluding carboxylic acids is 1. The number of anilines is 1. The molecule has 24 heavy (non-hydrogen) atoms. The lowest BCUT2D eigenvalue weighted by atomic mass is 10.1. The minimum atomic E-state index is -0.418. The SMILES string of the molecule is O=C(CCNCCc1c[nH]c2ccccc12)Nc1ccccc1F. The summed E-state index contributed by atoms with van der Waals surface area (Å²) in [7, 11) is 0. The molecule has 0 aliphatic carbocycles. The van der Waals surface area contributed by atoms with E-state index in [9.17, 15) is 9.18 Å². The van der Waals surface area contributed by atoms with Crippen LogP contribution in [0.1, 0.15) is 12.0 Å². The van der Waals surface area contributed by atoms with E-state index in [0.29, 0.717) is 13.0 Å². The van der Waals surface area contributed by atoms with Gasteiger partial charge in [0.1, 0.15) is 5.82 Å². The predicted molar refractivity (Wildman–Crippen MR) is 94.5 cm³/mol. The summed E-state index contributed by atoms with van der Waals surface area (Å²) in [5, 5.41) is 7.06. The number of amides is 1. The summed E-state index contributed by atoms with van der Waals surface area (Å²) in [6, 6.07) is 14.4. The van der Waals surface area contributed by atoms with Gasteiger partial charge in [0.2, 0.25) is 5.91 Å². The lowest BCUT2D eigenvalue weighted by molar-refractivity contribution is -0.116. The molecule has 0 bridgehead atoms. The summed E-state index contributed by atoms with van der Waals surface area (Å²) in [4.78, 5) is 15.1. The highest BCUT2D eigenvalue weighted by Crippen LogP contribution is 2.17. The molecule has 0 spiro atoms. The van der Waals surface area contributed by atoms with E-state index in [2.05, 4.69) is 27.8 Å². The van der Waals surface area contributed by atoms with E-state index in [-0.39, 0.29) is 11.6 Å². The molecule has 124 valence electrons. The van der Waals surface area contributed by atoms with Gasteiger partial charge in [0.05, 0.1) is 5.69 Å². The Bertz CT molecular complexity index is 828. The third-order valence-electron chi connectivity index (χ3n) is 3.92. The zero-order valence-corrected chi connectivity index (χ0v) is 13.3. The van der Waals surface area contributed by atoms with Crippen LogP contribution in [-0.2, 0) is 11.2 Å². The maximum Gasteiger partial charge on any atom is 0.225 e. The molecule has 1 aromatic heterocycles. The van der Waals surface area contributed by atoms with Gasteiger partial charge in [-0.1, -0.05) is 30.3 Å². The lowest BCUT2D eigenvalue weighted by Gasteiger charge is -2.07. The van der Waals surface area contributed by atoms with Gasteiger partial charge in [0, 0.05) is 30.1 Å². The zero-order chi connectivity index (χ0) is 16.8. The minimum Gasteiger partial charge on any atom is -0.361 e. The van der Waals surface area contributed by atoms with Crippen LogP contribution >= 0.6 is 0 Å². The number of hydrogen-bond donors (Lipinski definition) is 3. The van der Waals surface area contributed by atoms with Crippen LogP contribution in [0.5, 0.6) is 0 Å². The molecule has 0 radical (unpaired) electrons. The van der Waals surface area contributed by atoms with Crippen LogP contribution in [0.15, 0.2) is 54.7 Å². The summed E-state index contributed by atoms with van der Waals surface area (Å²) >= 11 is 0. The number of aromatic amines is 1. The van der Waals surface area contributed by atoms with Gasteiger partial charge in [-0.25, -0.2) is 4.39 Å². The molecule has 0 saturated carbocycles. The fraction of sp³-hybridized carbons (Fsp3) is 0.211. The number of H-pyrrole nitrogens is 1. The second-order valence-electron chi connectivity index (χ2n) is 5.64. The van der Waals surface area contributed by atoms with Crippen molar-refractivity contribution in [1.29, 1.82) is 0 Å². The van der Waals surface area contributed by atoms with Crippen molar-refractivity contribution in [3.63, 3.8) is 0 Å². The quantitative estimate of drug-likeness (QED) is 0.583. The summed E-state index contributed by atoms with van der Waals surface area (Å²) in [5.74, 6) is -0.613. The highest BCUT2D eigenvalue weighted by molar-refractivity contribution is 5.90. The van der Waals surface area contributed by atoms with Gasteiger partial charge in [-0.15, -0.1) is 0 Å². The van der Waals surface area contributed by atoms with Crippen molar-refractivity contribution in [3.05, 3.63) is 66.1 Å². The lowest BCUT2D eigenvalue weighted by Crippen LogP contribution is -2.23. The van der Waals surface area contributed by atoms with Crippen molar-refractivity contribution in [2.45, 2.75) is 12.8 Å². The first-order valence-electron chi connectivity index (χ1n) is 8.04. The molecule has 5 heteroatoms. The smallest absolute Gasteiger partial charge is 0.225 e. The Kier molecular flexibility index (Phi) is 5.23. The highest BCUT2D eigenvalue weighted by Gasteiger charge is 2.06. The number of aromatic nitrogens is 1. The summed E-state index contributed by atoms with van der Waals surface area (Å²) in [6.07, 6.45) is 3.22. The molecule has 1 amide bonds. The first-order valence-corrected chi connectivity index (χ1v) is 8.04. The fourth-order valence-corrected chi connectivity index (χ4v) is 2.66. The maximum atomic E-state index is 13.4. The van der Waals surface area contributed by atoms with Crippen molar-refractivity contribution in [3.8, 4) is 0 Å². The molecule has 3 aromatic rings. The molecule has 4 nitrogen and oxygen atoms in total. The number of fused-ring (bicyclic) bond motifs is 1. The average molecular weight is 325 g/mol. The number of hydrogen-bond acceptors (Lipinski definition) is 2. The largest absolute Gasteiger partial charge is 0.361 e. The molecule has 0 aliphatic rings. The number of nitrogens with one attached hydrogen (secondary N) is 3. The van der Waals surface area contributed by atoms with Crippen molar-refractivity contribution in [2.75, 3.05) is 18.4 Å². The normalized spacial score (nSPS) is 10.9. The molecule has 0 unspecified atom stereocenters. The van der Waals surface area contributed by atoms with Crippen LogP contribution in [-0.4, -0.2) is 24.0 Å². The molecular formula is C19H20FN3O. The molecule has 3 rings (SSSR count). The topological polar surface area (TPSA) is 56.9 Å². The summed E-state index contributed by atoms with van der Waals surface area (Å²) in [5.41, 5.74) is 2.62. The Balaban J connectivity index is 1.39. The van der Waals surface area contributed by atoms with Gasteiger partial charge in [-0.2, -0.15) is 0 Å². The Morgan fingerprint density at radius 3 is 2.71 bits per heavy atom.